The predicted molar refractivity (Wildman–Crippen MR) is 60.2 cm³/mol. The Morgan fingerprint density at radius 3 is 2.16 bits per heavy atom. The van der Waals surface area contributed by atoms with E-state index < -0.39 is 42.3 Å². The van der Waals surface area contributed by atoms with Crippen LogP contribution in [0, 0.1) is 0 Å². The van der Waals surface area contributed by atoms with E-state index in [1.54, 1.807) is 0 Å². The van der Waals surface area contributed by atoms with Gasteiger partial charge in [-0.1, -0.05) is 12.7 Å². The Hall–Kier alpha value is -2.38. The molecule has 0 rings (SSSR count). The largest absolute Gasteiger partial charge is 0.481 e. The van der Waals surface area contributed by atoms with Crippen molar-refractivity contribution >= 4 is 23.9 Å². The first-order valence-electron chi connectivity index (χ1n) is 5.15. The molecular formula is C11H14O8. The van der Waals surface area contributed by atoms with E-state index >= 15 is 0 Å². The lowest BCUT2D eigenvalue weighted by atomic mass is 9.95. The summed E-state index contributed by atoms with van der Waals surface area (Å²) in [6, 6.07) is 0. The minimum atomic E-state index is -2.48. The SMILES string of the molecule is C=CCOC(=O)CC(CC(=O)O)(OC(C)=O)C(=O)O. The number of esters is 2. The second kappa shape index (κ2) is 7.14. The van der Waals surface area contributed by atoms with Gasteiger partial charge in [-0.25, -0.2) is 4.79 Å². The molecule has 0 aliphatic rings. The Labute approximate surface area is 108 Å². The molecule has 0 saturated carbocycles. The molecule has 1 atom stereocenters. The molecule has 0 aliphatic heterocycles. The molecule has 2 N–H and O–H groups in total. The van der Waals surface area contributed by atoms with E-state index in [-0.39, 0.29) is 6.61 Å². The molecule has 0 radical (unpaired) electrons. The second-order valence-corrected chi connectivity index (χ2v) is 3.61. The van der Waals surface area contributed by atoms with Gasteiger partial charge in [0.05, 0.1) is 12.8 Å². The maximum Gasteiger partial charge on any atom is 0.349 e. The van der Waals surface area contributed by atoms with Crippen LogP contribution in [0.1, 0.15) is 19.8 Å². The molecule has 0 fully saturated rings. The average molecular weight is 274 g/mol. The summed E-state index contributed by atoms with van der Waals surface area (Å²) in [4.78, 5) is 44.1. The fraction of sp³-hybridized carbons (Fsp3) is 0.455. The number of rotatable bonds is 8. The molecule has 8 nitrogen and oxygen atoms in total. The molecule has 1 unspecified atom stereocenters. The van der Waals surface area contributed by atoms with E-state index in [4.69, 9.17) is 10.2 Å². The van der Waals surface area contributed by atoms with Crippen molar-refractivity contribution in [3.8, 4) is 0 Å². The maximum atomic E-state index is 11.4. The first-order valence-corrected chi connectivity index (χ1v) is 5.15. The molecule has 106 valence electrons. The molecule has 0 aliphatic carbocycles. The van der Waals surface area contributed by atoms with Crippen LogP contribution >= 0.6 is 0 Å². The van der Waals surface area contributed by atoms with E-state index in [0.29, 0.717) is 0 Å². The van der Waals surface area contributed by atoms with Crippen LogP contribution in [0.4, 0.5) is 0 Å². The van der Waals surface area contributed by atoms with Crippen molar-refractivity contribution in [3.63, 3.8) is 0 Å². The third-order valence-corrected chi connectivity index (χ3v) is 1.96. The van der Waals surface area contributed by atoms with E-state index in [2.05, 4.69) is 16.1 Å². The summed E-state index contributed by atoms with van der Waals surface area (Å²) in [6.07, 6.45) is -0.698. The molecule has 0 aromatic carbocycles. The van der Waals surface area contributed by atoms with Gasteiger partial charge in [-0.15, -0.1) is 0 Å². The number of hydrogen-bond acceptors (Lipinski definition) is 6. The van der Waals surface area contributed by atoms with Crippen LogP contribution < -0.4 is 0 Å². The van der Waals surface area contributed by atoms with Crippen molar-refractivity contribution < 1.29 is 38.9 Å². The van der Waals surface area contributed by atoms with Gasteiger partial charge in [-0.2, -0.15) is 0 Å². The van der Waals surface area contributed by atoms with Gasteiger partial charge >= 0.3 is 23.9 Å². The lowest BCUT2D eigenvalue weighted by molar-refractivity contribution is -0.185. The summed E-state index contributed by atoms with van der Waals surface area (Å²) in [5.41, 5.74) is -2.48. The predicted octanol–water partition coefficient (Wildman–Crippen LogP) is -0.0331. The van der Waals surface area contributed by atoms with Gasteiger partial charge in [0.25, 0.3) is 0 Å². The number of carboxylic acid groups (broad SMARTS) is 2. The number of carbonyl (C=O) groups excluding carboxylic acids is 2. The van der Waals surface area contributed by atoms with Crippen molar-refractivity contribution in [1.82, 2.24) is 0 Å². The van der Waals surface area contributed by atoms with E-state index in [1.165, 1.54) is 6.08 Å². The van der Waals surface area contributed by atoms with Crippen LogP contribution in [-0.2, 0) is 28.7 Å². The van der Waals surface area contributed by atoms with Crippen LogP contribution in [0.25, 0.3) is 0 Å². The van der Waals surface area contributed by atoms with Crippen molar-refractivity contribution in [3.05, 3.63) is 12.7 Å². The molecule has 0 aromatic heterocycles. The zero-order valence-electron chi connectivity index (χ0n) is 10.2. The van der Waals surface area contributed by atoms with E-state index in [1.807, 2.05) is 0 Å². The van der Waals surface area contributed by atoms with Gasteiger partial charge in [0, 0.05) is 6.92 Å². The number of hydrogen-bond donors (Lipinski definition) is 2. The Morgan fingerprint density at radius 1 is 1.21 bits per heavy atom. The Bertz CT molecular complexity index is 381. The van der Waals surface area contributed by atoms with Gasteiger partial charge in [0.1, 0.15) is 6.61 Å². The highest BCUT2D eigenvalue weighted by molar-refractivity contribution is 5.90. The topological polar surface area (TPSA) is 127 Å². The van der Waals surface area contributed by atoms with Gasteiger partial charge < -0.3 is 19.7 Å². The molecule has 0 amide bonds. The highest BCUT2D eigenvalue weighted by atomic mass is 16.6. The molecule has 0 heterocycles. The standard InChI is InChI=1S/C11H14O8/c1-3-4-18-9(15)6-11(10(16)17,5-8(13)14)19-7(2)12/h3H,1,4-6H2,2H3,(H,13,14)(H,16,17). The van der Waals surface area contributed by atoms with Crippen LogP contribution in [0.2, 0.25) is 0 Å². The summed E-state index contributed by atoms with van der Waals surface area (Å²) in [5.74, 6) is -5.29. The smallest absolute Gasteiger partial charge is 0.349 e. The van der Waals surface area contributed by atoms with Crippen molar-refractivity contribution in [2.24, 2.45) is 0 Å². The van der Waals surface area contributed by atoms with Crippen LogP contribution in [0.5, 0.6) is 0 Å². The quantitative estimate of drug-likeness (QED) is 0.466. The number of carbonyl (C=O) groups is 4. The minimum Gasteiger partial charge on any atom is -0.481 e. The molecule has 19 heavy (non-hydrogen) atoms. The summed E-state index contributed by atoms with van der Waals surface area (Å²) >= 11 is 0. The molecule has 8 heteroatoms. The van der Waals surface area contributed by atoms with Gasteiger partial charge in [-0.05, 0) is 0 Å². The fourth-order valence-electron chi connectivity index (χ4n) is 1.29. The third-order valence-electron chi connectivity index (χ3n) is 1.96. The highest BCUT2D eigenvalue weighted by Crippen LogP contribution is 2.23. The Balaban J connectivity index is 5.14. The van der Waals surface area contributed by atoms with Crippen LogP contribution in [0.15, 0.2) is 12.7 Å². The van der Waals surface area contributed by atoms with Gasteiger partial charge in [0.2, 0.25) is 5.60 Å². The summed E-state index contributed by atoms with van der Waals surface area (Å²) in [6.45, 7) is 4.03. The highest BCUT2D eigenvalue weighted by Gasteiger charge is 2.47. The minimum absolute atomic E-state index is 0.165. The van der Waals surface area contributed by atoms with E-state index in [9.17, 15) is 19.2 Å². The van der Waals surface area contributed by atoms with Crippen LogP contribution in [-0.4, -0.2) is 46.3 Å². The Morgan fingerprint density at radius 2 is 1.79 bits per heavy atom. The van der Waals surface area contributed by atoms with E-state index in [0.717, 1.165) is 6.92 Å². The first-order chi connectivity index (χ1) is 8.73. The lowest BCUT2D eigenvalue weighted by Crippen LogP contribution is -2.47. The number of carboxylic acids is 2. The van der Waals surface area contributed by atoms with Gasteiger partial charge in [0.15, 0.2) is 0 Å². The second-order valence-electron chi connectivity index (χ2n) is 3.61. The van der Waals surface area contributed by atoms with Gasteiger partial charge in [-0.3, -0.25) is 14.4 Å². The van der Waals surface area contributed by atoms with Crippen molar-refractivity contribution in [2.45, 2.75) is 25.4 Å². The van der Waals surface area contributed by atoms with Crippen LogP contribution in [0.3, 0.4) is 0 Å². The molecule has 0 spiro atoms. The summed E-state index contributed by atoms with van der Waals surface area (Å²) < 4.78 is 9.07. The van der Waals surface area contributed by atoms with Crippen molar-refractivity contribution in [1.29, 1.82) is 0 Å². The maximum absolute atomic E-state index is 11.4. The lowest BCUT2D eigenvalue weighted by Gasteiger charge is -2.26. The zero-order chi connectivity index (χ0) is 15.1. The molecule has 0 saturated heterocycles. The Kier molecular flexibility index (Phi) is 6.25. The molecule has 0 bridgehead atoms. The average Bonchev–Trinajstić information content (AvgIpc) is 2.23. The monoisotopic (exact) mass is 274 g/mol. The van der Waals surface area contributed by atoms with Crippen molar-refractivity contribution in [2.75, 3.05) is 6.61 Å². The third kappa shape index (κ3) is 5.66. The summed E-state index contributed by atoms with van der Waals surface area (Å²) in [7, 11) is 0. The first kappa shape index (κ1) is 16.6. The molecule has 0 aromatic rings. The zero-order valence-corrected chi connectivity index (χ0v) is 10.2. The normalized spacial score (nSPS) is 12.9. The number of ether oxygens (including phenoxy) is 2. The molecular weight excluding hydrogens is 260 g/mol. The summed E-state index contributed by atoms with van der Waals surface area (Å²) in [5, 5.41) is 17.7. The number of aliphatic carboxylic acids is 2. The fourth-order valence-corrected chi connectivity index (χ4v) is 1.29.